The Balaban J connectivity index is 1.89. The van der Waals surface area contributed by atoms with Crippen LogP contribution in [0.1, 0.15) is 25.0 Å². The summed E-state index contributed by atoms with van der Waals surface area (Å²) >= 11 is 0. The number of carbonyl (C=O) groups excluding carboxylic acids is 1. The number of ether oxygens (including phenoxy) is 2. The van der Waals surface area contributed by atoms with Gasteiger partial charge in [0.15, 0.2) is 11.5 Å². The van der Waals surface area contributed by atoms with Crippen LogP contribution in [0.25, 0.3) is 6.08 Å². The second-order valence-electron chi connectivity index (χ2n) is 7.58. The van der Waals surface area contributed by atoms with Crippen molar-refractivity contribution >= 4 is 23.4 Å². The van der Waals surface area contributed by atoms with Gasteiger partial charge in [0.2, 0.25) is 5.72 Å². The Hall–Kier alpha value is -3.61. The number of hydrogen-bond acceptors (Lipinski definition) is 6. The molecule has 0 aliphatic carbocycles. The molecule has 0 amide bonds. The van der Waals surface area contributed by atoms with E-state index in [2.05, 4.69) is 26.5 Å². The van der Waals surface area contributed by atoms with Gasteiger partial charge in [-0.3, -0.25) is 10.1 Å². The van der Waals surface area contributed by atoms with Gasteiger partial charge in [-0.15, -0.1) is 0 Å². The normalized spacial score (nSPS) is 20.6. The average Bonchev–Trinajstić information content (AvgIpc) is 2.87. The monoisotopic (exact) mass is 392 g/mol. The number of carbonyl (C=O) groups is 1. The van der Waals surface area contributed by atoms with Gasteiger partial charge in [-0.2, -0.15) is 0 Å². The lowest BCUT2D eigenvalue weighted by Crippen LogP contribution is -2.58. The van der Waals surface area contributed by atoms with Crippen molar-refractivity contribution in [3.63, 3.8) is 0 Å². The van der Waals surface area contributed by atoms with Crippen LogP contribution in [0.5, 0.6) is 11.5 Å². The lowest BCUT2D eigenvalue weighted by atomic mass is 9.76. The molecule has 29 heavy (non-hydrogen) atoms. The lowest BCUT2D eigenvalue weighted by Gasteiger charge is -2.45. The van der Waals surface area contributed by atoms with Crippen LogP contribution in [-0.2, 0) is 10.2 Å². The fraction of sp³-hybridized carbons (Fsp3) is 0.227. The van der Waals surface area contributed by atoms with Crippen LogP contribution in [0.15, 0.2) is 55.1 Å². The van der Waals surface area contributed by atoms with Gasteiger partial charge in [0, 0.05) is 30.4 Å². The van der Waals surface area contributed by atoms with Crippen molar-refractivity contribution in [2.75, 3.05) is 11.9 Å². The topological polar surface area (TPSA) is 81.9 Å². The molecule has 7 heteroatoms. The highest BCUT2D eigenvalue weighted by atomic mass is 16.6. The second kappa shape index (κ2) is 6.20. The highest BCUT2D eigenvalue weighted by molar-refractivity contribution is 5.85. The van der Waals surface area contributed by atoms with Crippen LogP contribution >= 0.6 is 0 Å². The minimum Gasteiger partial charge on any atom is -0.459 e. The Morgan fingerprint density at radius 3 is 2.69 bits per heavy atom. The maximum absolute atomic E-state index is 11.8. The van der Waals surface area contributed by atoms with Crippen LogP contribution in [0, 0.1) is 10.1 Å². The van der Waals surface area contributed by atoms with Gasteiger partial charge in [-0.05, 0) is 37.6 Å². The van der Waals surface area contributed by atoms with Crippen molar-refractivity contribution in [2.24, 2.45) is 0 Å². The van der Waals surface area contributed by atoms with Crippen molar-refractivity contribution in [1.82, 2.24) is 0 Å². The summed E-state index contributed by atoms with van der Waals surface area (Å²) in [7, 11) is 1.93. The molecule has 2 aromatic carbocycles. The molecule has 1 unspecified atom stereocenters. The van der Waals surface area contributed by atoms with Gasteiger partial charge in [-0.1, -0.05) is 24.8 Å². The van der Waals surface area contributed by atoms with Crippen molar-refractivity contribution in [3.8, 4) is 11.5 Å². The molecule has 1 spiro atoms. The zero-order valence-corrected chi connectivity index (χ0v) is 16.3. The van der Waals surface area contributed by atoms with Gasteiger partial charge in [0.1, 0.15) is 0 Å². The Morgan fingerprint density at radius 1 is 1.31 bits per heavy atom. The predicted molar refractivity (Wildman–Crippen MR) is 109 cm³/mol. The zero-order valence-electron chi connectivity index (χ0n) is 16.3. The molecule has 4 rings (SSSR count). The average molecular weight is 392 g/mol. The number of nitrogens with zero attached hydrogens (tertiary/aromatic N) is 2. The third-order valence-corrected chi connectivity index (χ3v) is 5.74. The van der Waals surface area contributed by atoms with Gasteiger partial charge in [-0.25, -0.2) is 4.79 Å². The summed E-state index contributed by atoms with van der Waals surface area (Å²) < 4.78 is 11.8. The molecule has 0 N–H and O–H groups in total. The summed E-state index contributed by atoms with van der Waals surface area (Å²) in [6.45, 7) is 7.54. The number of anilines is 1. The summed E-state index contributed by atoms with van der Waals surface area (Å²) in [5.41, 5.74) is 1.07. The number of para-hydroxylation sites is 1. The fourth-order valence-corrected chi connectivity index (χ4v) is 4.17. The van der Waals surface area contributed by atoms with Gasteiger partial charge >= 0.3 is 5.97 Å². The standard InChI is InChI=1S/C22H20N2O5/c1-5-19(25)28-18-13-15(24(26)27)12-14-10-11-22(29-20(14)18)21(2,3)16-8-6-7-9-17(16)23(22)4/h5-13H,1H2,2-4H3. The fourth-order valence-electron chi connectivity index (χ4n) is 4.17. The zero-order chi connectivity index (χ0) is 21.0. The molecule has 0 saturated carbocycles. The number of fused-ring (bicyclic) bond motifs is 2. The third-order valence-electron chi connectivity index (χ3n) is 5.74. The Morgan fingerprint density at radius 2 is 2.03 bits per heavy atom. The maximum atomic E-state index is 11.8. The molecule has 0 fully saturated rings. The van der Waals surface area contributed by atoms with Crippen LogP contribution in [0.3, 0.4) is 0 Å². The van der Waals surface area contributed by atoms with Gasteiger partial charge < -0.3 is 14.4 Å². The third kappa shape index (κ3) is 2.54. The molecule has 2 aromatic rings. The number of non-ortho nitro benzene ring substituents is 1. The minimum atomic E-state index is -0.894. The summed E-state index contributed by atoms with van der Waals surface area (Å²) in [5, 5.41) is 11.3. The van der Waals surface area contributed by atoms with Crippen molar-refractivity contribution < 1.29 is 19.2 Å². The number of esters is 1. The number of rotatable bonds is 3. The predicted octanol–water partition coefficient (Wildman–Crippen LogP) is 4.22. The van der Waals surface area contributed by atoms with E-state index >= 15 is 0 Å². The molecule has 148 valence electrons. The molecular formula is C22H20N2O5. The second-order valence-corrected chi connectivity index (χ2v) is 7.58. The molecule has 0 aromatic heterocycles. The maximum Gasteiger partial charge on any atom is 0.335 e. The molecule has 0 saturated heterocycles. The Bertz CT molecular complexity index is 1090. The van der Waals surface area contributed by atoms with Crippen molar-refractivity contribution in [1.29, 1.82) is 0 Å². The SMILES string of the molecule is C=CC(=O)Oc1cc([N+](=O)[O-])cc2c1OC1(C=C2)N(C)c2ccccc2C1(C)C. The molecule has 2 aliphatic rings. The molecule has 2 heterocycles. The van der Waals surface area contributed by atoms with E-state index in [1.165, 1.54) is 12.1 Å². The summed E-state index contributed by atoms with van der Waals surface area (Å²) in [4.78, 5) is 24.7. The van der Waals surface area contributed by atoms with Crippen LogP contribution in [0.2, 0.25) is 0 Å². The number of hydrogen-bond donors (Lipinski definition) is 0. The van der Waals surface area contributed by atoms with Crippen molar-refractivity contribution in [3.05, 3.63) is 76.4 Å². The van der Waals surface area contributed by atoms with E-state index in [4.69, 9.17) is 9.47 Å². The number of benzene rings is 2. The van der Waals surface area contributed by atoms with Crippen molar-refractivity contribution in [2.45, 2.75) is 25.0 Å². The Labute approximate surface area is 168 Å². The molecular weight excluding hydrogens is 372 g/mol. The van der Waals surface area contributed by atoms with E-state index in [1.807, 2.05) is 36.2 Å². The van der Waals surface area contributed by atoms with E-state index in [9.17, 15) is 14.9 Å². The summed E-state index contributed by atoms with van der Waals surface area (Å²) in [5.74, 6) is -0.453. The first kappa shape index (κ1) is 18.7. The highest BCUT2D eigenvalue weighted by Crippen LogP contribution is 2.55. The summed E-state index contributed by atoms with van der Waals surface area (Å²) in [6.07, 6.45) is 4.68. The lowest BCUT2D eigenvalue weighted by molar-refractivity contribution is -0.385. The first-order valence-electron chi connectivity index (χ1n) is 9.09. The van der Waals surface area contributed by atoms with Gasteiger partial charge in [0.25, 0.3) is 5.69 Å². The van der Waals surface area contributed by atoms with E-state index < -0.39 is 22.0 Å². The van der Waals surface area contributed by atoms with E-state index in [0.29, 0.717) is 5.56 Å². The summed E-state index contributed by atoms with van der Waals surface area (Å²) in [6, 6.07) is 10.6. The van der Waals surface area contributed by atoms with Crippen LogP contribution in [0.4, 0.5) is 11.4 Å². The highest BCUT2D eigenvalue weighted by Gasteiger charge is 2.58. The quantitative estimate of drug-likeness (QED) is 0.256. The molecule has 1 atom stereocenters. The van der Waals surface area contributed by atoms with E-state index in [1.54, 1.807) is 6.08 Å². The molecule has 0 radical (unpaired) electrons. The number of nitro groups is 1. The van der Waals surface area contributed by atoms with Crippen LogP contribution in [-0.4, -0.2) is 23.7 Å². The first-order valence-corrected chi connectivity index (χ1v) is 9.09. The number of nitro benzene ring substituents is 1. The molecule has 0 bridgehead atoms. The Kier molecular flexibility index (Phi) is 4.01. The smallest absolute Gasteiger partial charge is 0.335 e. The molecule has 7 nitrogen and oxygen atoms in total. The first-order chi connectivity index (χ1) is 13.7. The van der Waals surface area contributed by atoms with E-state index in [-0.39, 0.29) is 17.2 Å². The molecule has 2 aliphatic heterocycles. The van der Waals surface area contributed by atoms with Gasteiger partial charge in [0.05, 0.1) is 16.4 Å². The van der Waals surface area contributed by atoms with E-state index in [0.717, 1.165) is 17.3 Å². The minimum absolute atomic E-state index is 0.0111. The number of likely N-dealkylation sites (N-methyl/N-ethyl adjacent to an activating group) is 1. The van der Waals surface area contributed by atoms with Crippen LogP contribution < -0.4 is 14.4 Å². The largest absolute Gasteiger partial charge is 0.459 e.